The summed E-state index contributed by atoms with van der Waals surface area (Å²) < 4.78 is 31.5. The Morgan fingerprint density at radius 1 is 1.33 bits per heavy atom. The largest absolute Gasteiger partial charge is 0.378 e. The lowest BCUT2D eigenvalue weighted by Crippen LogP contribution is -2.37. The molecule has 0 N–H and O–H groups in total. The Hall–Kier alpha value is -0.940. The van der Waals surface area contributed by atoms with E-state index in [1.165, 1.54) is 0 Å². The first-order valence-electron chi connectivity index (χ1n) is 4.52. The first kappa shape index (κ1) is 10.6. The average molecular weight is 235 g/mol. The van der Waals surface area contributed by atoms with E-state index in [1.54, 1.807) is 4.90 Å². The predicted octanol–water partition coefficient (Wildman–Crippen LogP) is 1.85. The van der Waals surface area contributed by atoms with Crippen LogP contribution in [-0.4, -0.2) is 31.3 Å². The van der Waals surface area contributed by atoms with Crippen molar-refractivity contribution >= 4 is 17.4 Å². The quantitative estimate of drug-likeness (QED) is 0.694. The number of nitrogens with zero attached hydrogens (tertiary/aromatic N) is 2. The summed E-state index contributed by atoms with van der Waals surface area (Å²) >= 11 is 5.57. The standard InChI is InChI=1S/C9H9ClF2N2O/c10-7-5-6(11)8(12)9(13-7)14-1-3-15-4-2-14/h5H,1-4H2. The smallest absolute Gasteiger partial charge is 0.201 e. The molecule has 1 aliphatic heterocycles. The Morgan fingerprint density at radius 3 is 2.67 bits per heavy atom. The summed E-state index contributed by atoms with van der Waals surface area (Å²) in [5.74, 6) is -1.97. The number of ether oxygens (including phenoxy) is 1. The van der Waals surface area contributed by atoms with Crippen molar-refractivity contribution in [1.82, 2.24) is 4.98 Å². The molecule has 0 saturated carbocycles. The molecular formula is C9H9ClF2N2O. The van der Waals surface area contributed by atoms with Gasteiger partial charge in [-0.05, 0) is 0 Å². The normalized spacial score (nSPS) is 16.9. The number of anilines is 1. The predicted molar refractivity (Wildman–Crippen MR) is 52.2 cm³/mol. The van der Waals surface area contributed by atoms with Crippen molar-refractivity contribution in [2.45, 2.75) is 0 Å². The Labute approximate surface area is 90.6 Å². The van der Waals surface area contributed by atoms with Crippen molar-refractivity contribution in [3.63, 3.8) is 0 Å². The third-order valence-corrected chi connectivity index (χ3v) is 2.37. The van der Waals surface area contributed by atoms with E-state index in [4.69, 9.17) is 16.3 Å². The lowest BCUT2D eigenvalue weighted by molar-refractivity contribution is 0.122. The molecular weight excluding hydrogens is 226 g/mol. The fourth-order valence-electron chi connectivity index (χ4n) is 1.44. The van der Waals surface area contributed by atoms with Crippen LogP contribution in [-0.2, 0) is 4.74 Å². The second kappa shape index (κ2) is 4.28. The number of hydrogen-bond donors (Lipinski definition) is 0. The lowest BCUT2D eigenvalue weighted by atomic mass is 10.3. The van der Waals surface area contributed by atoms with Crippen molar-refractivity contribution in [2.24, 2.45) is 0 Å². The Balaban J connectivity index is 2.33. The van der Waals surface area contributed by atoms with Crippen molar-refractivity contribution < 1.29 is 13.5 Å². The zero-order chi connectivity index (χ0) is 10.8. The first-order chi connectivity index (χ1) is 7.18. The molecule has 0 radical (unpaired) electrons. The van der Waals surface area contributed by atoms with E-state index < -0.39 is 11.6 Å². The zero-order valence-electron chi connectivity index (χ0n) is 7.84. The van der Waals surface area contributed by atoms with Crippen LogP contribution in [0.15, 0.2) is 6.07 Å². The van der Waals surface area contributed by atoms with Gasteiger partial charge in [0.15, 0.2) is 11.6 Å². The molecule has 0 amide bonds. The van der Waals surface area contributed by atoms with E-state index in [0.717, 1.165) is 6.07 Å². The number of aromatic nitrogens is 1. The molecule has 1 fully saturated rings. The summed E-state index contributed by atoms with van der Waals surface area (Å²) in [6, 6.07) is 0.862. The molecule has 1 saturated heterocycles. The zero-order valence-corrected chi connectivity index (χ0v) is 8.60. The van der Waals surface area contributed by atoms with Crippen molar-refractivity contribution in [2.75, 3.05) is 31.2 Å². The number of morpholine rings is 1. The third-order valence-electron chi connectivity index (χ3n) is 2.18. The number of hydrogen-bond acceptors (Lipinski definition) is 3. The monoisotopic (exact) mass is 234 g/mol. The summed E-state index contributed by atoms with van der Waals surface area (Å²) in [5.41, 5.74) is 0. The van der Waals surface area contributed by atoms with Gasteiger partial charge in [-0.3, -0.25) is 0 Å². The molecule has 0 aromatic carbocycles. The Morgan fingerprint density at radius 2 is 2.00 bits per heavy atom. The SMILES string of the molecule is Fc1cc(Cl)nc(N2CCOCC2)c1F. The van der Waals surface area contributed by atoms with Crippen LogP contribution >= 0.6 is 11.6 Å². The summed E-state index contributed by atoms with van der Waals surface area (Å²) in [6.45, 7) is 1.94. The fourth-order valence-corrected chi connectivity index (χ4v) is 1.62. The molecule has 3 nitrogen and oxygen atoms in total. The van der Waals surface area contributed by atoms with Crippen molar-refractivity contribution in [3.05, 3.63) is 22.9 Å². The van der Waals surface area contributed by atoms with E-state index in [2.05, 4.69) is 4.98 Å². The highest BCUT2D eigenvalue weighted by Gasteiger charge is 2.20. The number of pyridine rings is 1. The van der Waals surface area contributed by atoms with Gasteiger partial charge in [0.25, 0.3) is 0 Å². The molecule has 1 aromatic rings. The summed E-state index contributed by atoms with van der Waals surface area (Å²) in [7, 11) is 0. The van der Waals surface area contributed by atoms with E-state index >= 15 is 0 Å². The molecule has 0 atom stereocenters. The van der Waals surface area contributed by atoms with Gasteiger partial charge >= 0.3 is 0 Å². The Bertz CT molecular complexity index is 369. The van der Waals surface area contributed by atoms with Gasteiger partial charge in [-0.15, -0.1) is 0 Å². The van der Waals surface area contributed by atoms with Gasteiger partial charge in [-0.25, -0.2) is 9.37 Å². The topological polar surface area (TPSA) is 25.4 Å². The van der Waals surface area contributed by atoms with Crippen LogP contribution in [0.1, 0.15) is 0 Å². The van der Waals surface area contributed by atoms with Crippen LogP contribution in [0.5, 0.6) is 0 Å². The maximum atomic E-state index is 13.4. The number of halogens is 3. The highest BCUT2D eigenvalue weighted by molar-refractivity contribution is 6.29. The molecule has 0 bridgehead atoms. The van der Waals surface area contributed by atoms with Crippen LogP contribution in [0, 0.1) is 11.6 Å². The first-order valence-corrected chi connectivity index (χ1v) is 4.90. The van der Waals surface area contributed by atoms with Gasteiger partial charge < -0.3 is 9.64 Å². The minimum Gasteiger partial charge on any atom is -0.378 e. The van der Waals surface area contributed by atoms with Crippen LogP contribution in [0.3, 0.4) is 0 Å². The molecule has 6 heteroatoms. The highest BCUT2D eigenvalue weighted by atomic mass is 35.5. The van der Waals surface area contributed by atoms with Crippen LogP contribution in [0.2, 0.25) is 5.15 Å². The van der Waals surface area contributed by atoms with Crippen molar-refractivity contribution in [3.8, 4) is 0 Å². The molecule has 1 aliphatic rings. The van der Waals surface area contributed by atoms with Gasteiger partial charge in [-0.1, -0.05) is 11.6 Å². The molecule has 2 heterocycles. The third kappa shape index (κ3) is 2.18. The van der Waals surface area contributed by atoms with Gasteiger partial charge in [0.2, 0.25) is 5.82 Å². The molecule has 0 unspecified atom stereocenters. The fraction of sp³-hybridized carbons (Fsp3) is 0.444. The second-order valence-corrected chi connectivity index (χ2v) is 3.55. The van der Waals surface area contributed by atoms with Crippen LogP contribution in [0.4, 0.5) is 14.6 Å². The molecule has 0 aliphatic carbocycles. The second-order valence-electron chi connectivity index (χ2n) is 3.16. The molecule has 82 valence electrons. The lowest BCUT2D eigenvalue weighted by Gasteiger charge is -2.28. The summed E-state index contributed by atoms with van der Waals surface area (Å²) in [5, 5.41) is -0.0459. The van der Waals surface area contributed by atoms with Gasteiger partial charge in [0.05, 0.1) is 13.2 Å². The summed E-state index contributed by atoms with van der Waals surface area (Å²) in [6.07, 6.45) is 0. The maximum Gasteiger partial charge on any atom is 0.201 e. The van der Waals surface area contributed by atoms with Gasteiger partial charge in [-0.2, -0.15) is 4.39 Å². The molecule has 15 heavy (non-hydrogen) atoms. The van der Waals surface area contributed by atoms with Gasteiger partial charge in [0.1, 0.15) is 5.15 Å². The van der Waals surface area contributed by atoms with E-state index in [-0.39, 0.29) is 11.0 Å². The van der Waals surface area contributed by atoms with E-state index in [1.807, 2.05) is 0 Å². The minimum absolute atomic E-state index is 0.0386. The average Bonchev–Trinajstić information content (AvgIpc) is 2.24. The van der Waals surface area contributed by atoms with E-state index in [0.29, 0.717) is 26.3 Å². The molecule has 2 rings (SSSR count). The Kier molecular flexibility index (Phi) is 3.02. The summed E-state index contributed by atoms with van der Waals surface area (Å²) in [4.78, 5) is 5.40. The number of rotatable bonds is 1. The molecule has 1 aromatic heterocycles. The van der Waals surface area contributed by atoms with E-state index in [9.17, 15) is 8.78 Å². The maximum absolute atomic E-state index is 13.4. The minimum atomic E-state index is -0.975. The van der Waals surface area contributed by atoms with Gasteiger partial charge in [0, 0.05) is 19.2 Å². The molecule has 0 spiro atoms. The van der Waals surface area contributed by atoms with Crippen LogP contribution in [0.25, 0.3) is 0 Å². The van der Waals surface area contributed by atoms with Crippen molar-refractivity contribution in [1.29, 1.82) is 0 Å². The van der Waals surface area contributed by atoms with Crippen LogP contribution < -0.4 is 4.90 Å². The highest BCUT2D eigenvalue weighted by Crippen LogP contribution is 2.22.